The SMILES string of the molecule is Cc1ccc(C(O)c2cc(Cl)c3c(c2)OCCO3)s1. The topological polar surface area (TPSA) is 38.7 Å². The molecule has 0 spiro atoms. The standard InChI is InChI=1S/C14H13ClO3S/c1-8-2-3-12(19-8)13(16)9-6-10(15)14-11(7-9)17-4-5-18-14/h2-3,6-7,13,16H,4-5H2,1H3. The van der Waals surface area contributed by atoms with Gasteiger partial charge in [-0.1, -0.05) is 11.6 Å². The van der Waals surface area contributed by atoms with Crippen LogP contribution in [-0.2, 0) is 0 Å². The first-order chi connectivity index (χ1) is 9.15. The highest BCUT2D eigenvalue weighted by Gasteiger charge is 2.20. The Morgan fingerprint density at radius 3 is 2.79 bits per heavy atom. The highest BCUT2D eigenvalue weighted by Crippen LogP contribution is 2.41. The summed E-state index contributed by atoms with van der Waals surface area (Å²) in [6, 6.07) is 7.44. The largest absolute Gasteiger partial charge is 0.486 e. The highest BCUT2D eigenvalue weighted by atomic mass is 35.5. The molecule has 1 atom stereocenters. The van der Waals surface area contributed by atoms with Crippen molar-refractivity contribution in [2.45, 2.75) is 13.0 Å². The number of thiophene rings is 1. The van der Waals surface area contributed by atoms with E-state index in [1.54, 1.807) is 23.5 Å². The maximum Gasteiger partial charge on any atom is 0.179 e. The Labute approximate surface area is 120 Å². The molecule has 2 heterocycles. The first-order valence-electron chi connectivity index (χ1n) is 5.98. The molecule has 3 nitrogen and oxygen atoms in total. The van der Waals surface area contributed by atoms with Gasteiger partial charge in [-0.05, 0) is 36.8 Å². The summed E-state index contributed by atoms with van der Waals surface area (Å²) in [6.07, 6.45) is -0.688. The van der Waals surface area contributed by atoms with Gasteiger partial charge in [-0.25, -0.2) is 0 Å². The molecular weight excluding hydrogens is 284 g/mol. The summed E-state index contributed by atoms with van der Waals surface area (Å²) in [5.41, 5.74) is 0.719. The zero-order valence-electron chi connectivity index (χ0n) is 10.4. The van der Waals surface area contributed by atoms with Gasteiger partial charge in [-0.15, -0.1) is 11.3 Å². The van der Waals surface area contributed by atoms with E-state index < -0.39 is 6.10 Å². The molecule has 5 heteroatoms. The lowest BCUT2D eigenvalue weighted by molar-refractivity contribution is 0.170. The van der Waals surface area contributed by atoms with Crippen LogP contribution in [0.3, 0.4) is 0 Å². The highest BCUT2D eigenvalue weighted by molar-refractivity contribution is 7.12. The molecule has 1 aromatic heterocycles. The third kappa shape index (κ3) is 2.43. The second kappa shape index (κ2) is 5.04. The number of rotatable bonds is 2. The molecule has 0 amide bonds. The predicted octanol–water partition coefficient (Wildman–Crippen LogP) is 3.56. The lowest BCUT2D eigenvalue weighted by Crippen LogP contribution is -2.16. The molecule has 0 fully saturated rings. The molecule has 1 unspecified atom stereocenters. The summed E-state index contributed by atoms with van der Waals surface area (Å²) in [4.78, 5) is 2.06. The minimum Gasteiger partial charge on any atom is -0.486 e. The van der Waals surface area contributed by atoms with Crippen LogP contribution in [0.15, 0.2) is 24.3 Å². The molecule has 2 aromatic rings. The van der Waals surface area contributed by atoms with Crippen molar-refractivity contribution in [1.82, 2.24) is 0 Å². The van der Waals surface area contributed by atoms with Crippen molar-refractivity contribution in [3.8, 4) is 11.5 Å². The van der Waals surface area contributed by atoms with Crippen LogP contribution in [0.2, 0.25) is 5.02 Å². The van der Waals surface area contributed by atoms with E-state index in [-0.39, 0.29) is 0 Å². The first kappa shape index (κ1) is 12.8. The van der Waals surface area contributed by atoms with Gasteiger partial charge >= 0.3 is 0 Å². The van der Waals surface area contributed by atoms with Gasteiger partial charge in [0.25, 0.3) is 0 Å². The number of hydrogen-bond acceptors (Lipinski definition) is 4. The molecule has 1 aromatic carbocycles. The molecule has 3 rings (SSSR count). The lowest BCUT2D eigenvalue weighted by Gasteiger charge is -2.21. The Bertz CT molecular complexity index is 609. The fourth-order valence-electron chi connectivity index (χ4n) is 2.05. The molecule has 100 valence electrons. The predicted molar refractivity (Wildman–Crippen MR) is 75.6 cm³/mol. The summed E-state index contributed by atoms with van der Waals surface area (Å²) < 4.78 is 11.0. The third-order valence-electron chi connectivity index (χ3n) is 2.97. The number of hydrogen-bond donors (Lipinski definition) is 1. The van der Waals surface area contributed by atoms with Gasteiger partial charge < -0.3 is 14.6 Å². The molecule has 1 N–H and O–H groups in total. The molecule has 1 aliphatic heterocycles. The Balaban J connectivity index is 1.99. The van der Waals surface area contributed by atoms with Gasteiger partial charge in [-0.3, -0.25) is 0 Å². The van der Waals surface area contributed by atoms with Crippen LogP contribution in [0.4, 0.5) is 0 Å². The molecule has 0 radical (unpaired) electrons. The minimum atomic E-state index is -0.688. The zero-order chi connectivity index (χ0) is 13.4. The average Bonchev–Trinajstić information content (AvgIpc) is 2.84. The van der Waals surface area contributed by atoms with Crippen molar-refractivity contribution in [2.24, 2.45) is 0 Å². The summed E-state index contributed by atoms with van der Waals surface area (Å²) in [6.45, 7) is 3.01. The molecule has 0 bridgehead atoms. The quantitative estimate of drug-likeness (QED) is 0.921. The van der Waals surface area contributed by atoms with E-state index in [0.29, 0.717) is 29.7 Å². The molecule has 0 aliphatic carbocycles. The Morgan fingerprint density at radius 2 is 2.05 bits per heavy atom. The fraction of sp³-hybridized carbons (Fsp3) is 0.286. The molecule has 19 heavy (non-hydrogen) atoms. The van der Waals surface area contributed by atoms with Crippen LogP contribution in [0, 0.1) is 6.92 Å². The van der Waals surface area contributed by atoms with Crippen molar-refractivity contribution in [3.05, 3.63) is 44.6 Å². The van der Waals surface area contributed by atoms with E-state index >= 15 is 0 Å². The second-order valence-electron chi connectivity index (χ2n) is 4.38. The van der Waals surface area contributed by atoms with Crippen molar-refractivity contribution in [1.29, 1.82) is 0 Å². The van der Waals surface area contributed by atoms with Crippen LogP contribution >= 0.6 is 22.9 Å². The van der Waals surface area contributed by atoms with E-state index in [1.165, 1.54) is 0 Å². The Morgan fingerprint density at radius 1 is 1.26 bits per heavy atom. The van der Waals surface area contributed by atoms with Crippen LogP contribution in [-0.4, -0.2) is 18.3 Å². The summed E-state index contributed by atoms with van der Waals surface area (Å²) >= 11 is 7.74. The zero-order valence-corrected chi connectivity index (χ0v) is 11.9. The van der Waals surface area contributed by atoms with Crippen LogP contribution in [0.5, 0.6) is 11.5 Å². The number of halogens is 1. The molecule has 1 aliphatic rings. The average molecular weight is 297 g/mol. The van der Waals surface area contributed by atoms with Crippen molar-refractivity contribution in [2.75, 3.05) is 13.2 Å². The van der Waals surface area contributed by atoms with E-state index in [4.69, 9.17) is 21.1 Å². The van der Waals surface area contributed by atoms with Gasteiger partial charge in [0.2, 0.25) is 0 Å². The van der Waals surface area contributed by atoms with Crippen molar-refractivity contribution < 1.29 is 14.6 Å². The summed E-state index contributed by atoms with van der Waals surface area (Å²) in [5, 5.41) is 10.9. The van der Waals surface area contributed by atoms with Crippen molar-refractivity contribution >= 4 is 22.9 Å². The maximum atomic E-state index is 10.4. The number of ether oxygens (including phenoxy) is 2. The van der Waals surface area contributed by atoms with Crippen molar-refractivity contribution in [3.63, 3.8) is 0 Å². The fourth-order valence-corrected chi connectivity index (χ4v) is 3.22. The van der Waals surface area contributed by atoms with Crippen LogP contribution < -0.4 is 9.47 Å². The number of aliphatic hydroxyl groups is 1. The van der Waals surface area contributed by atoms with Gasteiger partial charge in [0, 0.05) is 9.75 Å². The van der Waals surface area contributed by atoms with Gasteiger partial charge in [0.15, 0.2) is 11.5 Å². The molecule has 0 saturated heterocycles. The van der Waals surface area contributed by atoms with Gasteiger partial charge in [0.1, 0.15) is 19.3 Å². The Kier molecular flexibility index (Phi) is 3.39. The molecule has 0 saturated carbocycles. The third-order valence-corrected chi connectivity index (χ3v) is 4.30. The summed E-state index contributed by atoms with van der Waals surface area (Å²) in [5.74, 6) is 1.16. The number of benzene rings is 1. The number of fused-ring (bicyclic) bond motifs is 1. The lowest BCUT2D eigenvalue weighted by atomic mass is 10.1. The second-order valence-corrected chi connectivity index (χ2v) is 6.10. The van der Waals surface area contributed by atoms with E-state index in [9.17, 15) is 5.11 Å². The Hall–Kier alpha value is -1.23. The van der Waals surface area contributed by atoms with Gasteiger partial charge in [-0.2, -0.15) is 0 Å². The number of aliphatic hydroxyl groups excluding tert-OH is 1. The first-order valence-corrected chi connectivity index (χ1v) is 7.18. The van der Waals surface area contributed by atoms with Crippen LogP contribution in [0.1, 0.15) is 21.4 Å². The van der Waals surface area contributed by atoms with Crippen LogP contribution in [0.25, 0.3) is 0 Å². The number of aryl methyl sites for hydroxylation is 1. The smallest absolute Gasteiger partial charge is 0.179 e. The minimum absolute atomic E-state index is 0.472. The molecular formula is C14H13ClO3S. The van der Waals surface area contributed by atoms with Gasteiger partial charge in [0.05, 0.1) is 5.02 Å². The monoisotopic (exact) mass is 296 g/mol. The normalized spacial score (nSPS) is 15.3. The van der Waals surface area contributed by atoms with E-state index in [0.717, 1.165) is 15.3 Å². The summed E-state index contributed by atoms with van der Waals surface area (Å²) in [7, 11) is 0. The maximum absolute atomic E-state index is 10.4. The van der Waals surface area contributed by atoms with E-state index in [1.807, 2.05) is 19.1 Å². The van der Waals surface area contributed by atoms with E-state index in [2.05, 4.69) is 0 Å².